The number of rotatable bonds is 2. The van der Waals surface area contributed by atoms with E-state index < -0.39 is 0 Å². The molecule has 0 radical (unpaired) electrons. The average molecular weight is 266 g/mol. The number of thiocarbonyl (C=S) groups is 1. The van der Waals surface area contributed by atoms with Crippen molar-refractivity contribution >= 4 is 28.4 Å². The molecule has 0 bridgehead atoms. The van der Waals surface area contributed by atoms with E-state index in [9.17, 15) is 0 Å². The van der Waals surface area contributed by atoms with Gasteiger partial charge in [-0.3, -0.25) is 0 Å². The number of fused-ring (bicyclic) bond motifs is 1. The predicted molar refractivity (Wildman–Crippen MR) is 83.9 cm³/mol. The maximum atomic E-state index is 5.54. The summed E-state index contributed by atoms with van der Waals surface area (Å²) < 4.78 is 2.12. The van der Waals surface area contributed by atoms with Crippen LogP contribution in [0.4, 0.5) is 5.69 Å². The topological polar surface area (TPSA) is 16.4 Å². The van der Waals surface area contributed by atoms with Gasteiger partial charge in [0.05, 0.1) is 5.69 Å². The molecule has 0 atom stereocenters. The van der Waals surface area contributed by atoms with Crippen LogP contribution in [0.3, 0.4) is 0 Å². The summed E-state index contributed by atoms with van der Waals surface area (Å²) >= 11 is 5.54. The molecule has 19 heavy (non-hydrogen) atoms. The van der Waals surface area contributed by atoms with Gasteiger partial charge < -0.3 is 9.72 Å². The van der Waals surface area contributed by atoms with Crippen molar-refractivity contribution in [1.29, 1.82) is 0 Å². The third-order valence-electron chi connectivity index (χ3n) is 3.12. The third kappa shape index (κ3) is 2.25. The molecule has 3 rings (SSSR count). The molecule has 2 nitrogen and oxygen atoms in total. The first kappa shape index (κ1) is 11.9. The van der Waals surface area contributed by atoms with Gasteiger partial charge in [-0.05, 0) is 42.8 Å². The van der Waals surface area contributed by atoms with E-state index >= 15 is 0 Å². The zero-order valence-electron chi connectivity index (χ0n) is 10.6. The molecule has 0 saturated heterocycles. The quantitative estimate of drug-likeness (QED) is 0.705. The molecule has 2 aromatic heterocycles. The Hall–Kier alpha value is -2.13. The summed E-state index contributed by atoms with van der Waals surface area (Å²) in [6, 6.07) is 18.3. The highest BCUT2D eigenvalue weighted by Gasteiger charge is 2.11. The van der Waals surface area contributed by atoms with E-state index in [0.29, 0.717) is 0 Å². The van der Waals surface area contributed by atoms with Gasteiger partial charge in [-0.15, -0.1) is 0 Å². The zero-order valence-corrected chi connectivity index (χ0v) is 11.4. The maximum Gasteiger partial charge on any atom is 0.128 e. The number of pyridine rings is 1. The molecule has 3 aromatic rings. The van der Waals surface area contributed by atoms with Gasteiger partial charge in [0.15, 0.2) is 0 Å². The van der Waals surface area contributed by atoms with Gasteiger partial charge in [-0.2, -0.15) is 0 Å². The number of benzene rings is 1. The summed E-state index contributed by atoms with van der Waals surface area (Å²) in [4.78, 5) is 0.745. The Bertz CT molecular complexity index is 729. The molecule has 0 aliphatic heterocycles. The van der Waals surface area contributed by atoms with Crippen LogP contribution in [0.5, 0.6) is 0 Å². The molecule has 3 heteroatoms. The fourth-order valence-electron chi connectivity index (χ4n) is 2.26. The monoisotopic (exact) mass is 266 g/mol. The van der Waals surface area contributed by atoms with E-state index in [1.807, 2.05) is 48.7 Å². The Balaban J connectivity index is 2.00. The van der Waals surface area contributed by atoms with Crippen molar-refractivity contribution in [3.63, 3.8) is 0 Å². The number of aromatic nitrogens is 1. The first-order valence-electron chi connectivity index (χ1n) is 6.19. The minimum absolute atomic E-state index is 0.745. The van der Waals surface area contributed by atoms with Gasteiger partial charge in [0.25, 0.3) is 0 Å². The second kappa shape index (κ2) is 4.86. The van der Waals surface area contributed by atoms with Crippen molar-refractivity contribution in [1.82, 2.24) is 4.40 Å². The molecular formula is C16H14N2S. The van der Waals surface area contributed by atoms with Crippen LogP contribution in [-0.2, 0) is 0 Å². The van der Waals surface area contributed by atoms with Crippen LogP contribution in [0.2, 0.25) is 0 Å². The fourth-order valence-corrected chi connectivity index (χ4v) is 2.64. The SMILES string of the molecule is Cc1cc2ccccn2c1C(=S)Nc1ccccc1. The van der Waals surface area contributed by atoms with Gasteiger partial charge in [-0.1, -0.05) is 36.5 Å². The van der Waals surface area contributed by atoms with E-state index in [2.05, 4.69) is 28.8 Å². The van der Waals surface area contributed by atoms with E-state index in [-0.39, 0.29) is 0 Å². The van der Waals surface area contributed by atoms with Crippen LogP contribution in [0, 0.1) is 6.92 Å². The second-order valence-electron chi connectivity index (χ2n) is 4.49. The molecule has 94 valence electrons. The van der Waals surface area contributed by atoms with E-state index in [1.165, 1.54) is 5.56 Å². The Labute approximate surface area is 117 Å². The average Bonchev–Trinajstić information content (AvgIpc) is 2.75. The Kier molecular flexibility index (Phi) is 3.05. The largest absolute Gasteiger partial charge is 0.345 e. The number of anilines is 1. The van der Waals surface area contributed by atoms with Crippen molar-refractivity contribution in [2.45, 2.75) is 6.92 Å². The van der Waals surface area contributed by atoms with Crippen molar-refractivity contribution in [2.75, 3.05) is 5.32 Å². The lowest BCUT2D eigenvalue weighted by Crippen LogP contribution is -2.14. The van der Waals surface area contributed by atoms with Gasteiger partial charge in [0.2, 0.25) is 0 Å². The predicted octanol–water partition coefficient (Wildman–Crippen LogP) is 4.04. The molecule has 2 heterocycles. The summed E-state index contributed by atoms with van der Waals surface area (Å²) in [5.74, 6) is 0. The molecule has 0 spiro atoms. The van der Waals surface area contributed by atoms with Crippen LogP contribution in [0.15, 0.2) is 60.8 Å². The summed E-state index contributed by atoms with van der Waals surface area (Å²) in [7, 11) is 0. The lowest BCUT2D eigenvalue weighted by molar-refractivity contribution is 1.17. The smallest absolute Gasteiger partial charge is 0.128 e. The van der Waals surface area contributed by atoms with Crippen LogP contribution < -0.4 is 5.32 Å². The van der Waals surface area contributed by atoms with Crippen molar-refractivity contribution in [2.24, 2.45) is 0 Å². The molecule has 1 aromatic carbocycles. The molecule has 0 amide bonds. The van der Waals surface area contributed by atoms with E-state index in [4.69, 9.17) is 12.2 Å². The Morgan fingerprint density at radius 2 is 1.79 bits per heavy atom. The second-order valence-corrected chi connectivity index (χ2v) is 4.90. The highest BCUT2D eigenvalue weighted by molar-refractivity contribution is 7.81. The molecule has 0 fully saturated rings. The minimum Gasteiger partial charge on any atom is -0.345 e. The van der Waals surface area contributed by atoms with E-state index in [1.54, 1.807) is 0 Å². The molecule has 0 unspecified atom stereocenters. The van der Waals surface area contributed by atoms with Crippen molar-refractivity contribution < 1.29 is 0 Å². The highest BCUT2D eigenvalue weighted by atomic mass is 32.1. The lowest BCUT2D eigenvalue weighted by atomic mass is 10.2. The summed E-state index contributed by atoms with van der Waals surface area (Å²) in [6.07, 6.45) is 2.04. The standard InChI is InChI=1S/C16H14N2S/c1-12-11-14-9-5-6-10-18(14)15(12)16(19)17-13-7-3-2-4-8-13/h2-11H,1H3,(H,17,19). The van der Waals surface area contributed by atoms with Gasteiger partial charge in [0, 0.05) is 17.4 Å². The number of hydrogen-bond donors (Lipinski definition) is 1. The van der Waals surface area contributed by atoms with Crippen LogP contribution in [0.25, 0.3) is 5.52 Å². The molecular weight excluding hydrogens is 252 g/mol. The summed E-state index contributed by atoms with van der Waals surface area (Å²) in [5, 5.41) is 3.29. The van der Waals surface area contributed by atoms with Gasteiger partial charge >= 0.3 is 0 Å². The molecule has 0 aliphatic rings. The fraction of sp³-hybridized carbons (Fsp3) is 0.0625. The summed E-state index contributed by atoms with van der Waals surface area (Å²) in [6.45, 7) is 2.08. The number of aryl methyl sites for hydroxylation is 1. The van der Waals surface area contributed by atoms with E-state index in [0.717, 1.165) is 21.9 Å². The number of para-hydroxylation sites is 1. The van der Waals surface area contributed by atoms with Crippen LogP contribution in [-0.4, -0.2) is 9.39 Å². The Morgan fingerprint density at radius 3 is 2.58 bits per heavy atom. The third-order valence-corrected chi connectivity index (χ3v) is 3.41. The molecule has 1 N–H and O–H groups in total. The zero-order chi connectivity index (χ0) is 13.2. The minimum atomic E-state index is 0.745. The molecule has 0 aliphatic carbocycles. The van der Waals surface area contributed by atoms with Crippen LogP contribution in [0.1, 0.15) is 11.3 Å². The normalized spacial score (nSPS) is 10.6. The highest BCUT2D eigenvalue weighted by Crippen LogP contribution is 2.18. The van der Waals surface area contributed by atoms with Gasteiger partial charge in [-0.25, -0.2) is 0 Å². The lowest BCUT2D eigenvalue weighted by Gasteiger charge is -2.09. The molecule has 0 saturated carbocycles. The van der Waals surface area contributed by atoms with Crippen molar-refractivity contribution in [3.8, 4) is 0 Å². The number of nitrogens with zero attached hydrogens (tertiary/aromatic N) is 1. The number of nitrogens with one attached hydrogen (secondary N) is 1. The maximum absolute atomic E-state index is 5.54. The first-order valence-corrected chi connectivity index (χ1v) is 6.59. The van der Waals surface area contributed by atoms with Gasteiger partial charge in [0.1, 0.15) is 4.99 Å². The summed E-state index contributed by atoms with van der Waals surface area (Å²) in [5.41, 5.74) is 4.40. The van der Waals surface area contributed by atoms with Crippen molar-refractivity contribution in [3.05, 3.63) is 72.1 Å². The van der Waals surface area contributed by atoms with Crippen LogP contribution >= 0.6 is 12.2 Å². The Morgan fingerprint density at radius 1 is 1.05 bits per heavy atom. The number of hydrogen-bond acceptors (Lipinski definition) is 1. The first-order chi connectivity index (χ1) is 9.25.